The molecule has 3 rings (SSSR count). The zero-order valence-electron chi connectivity index (χ0n) is 16.6. The van der Waals surface area contributed by atoms with Gasteiger partial charge in [-0.1, -0.05) is 12.1 Å². The maximum atomic E-state index is 12.4. The summed E-state index contributed by atoms with van der Waals surface area (Å²) in [5.74, 6) is 0.587. The molecule has 0 aliphatic heterocycles. The van der Waals surface area contributed by atoms with Gasteiger partial charge in [0.25, 0.3) is 5.91 Å². The van der Waals surface area contributed by atoms with Gasteiger partial charge in [-0.15, -0.1) is 0 Å². The van der Waals surface area contributed by atoms with Crippen LogP contribution in [0.4, 0.5) is 11.4 Å². The van der Waals surface area contributed by atoms with Crippen LogP contribution in [0.3, 0.4) is 0 Å². The first-order valence-corrected chi connectivity index (χ1v) is 9.11. The van der Waals surface area contributed by atoms with Gasteiger partial charge < -0.3 is 20.1 Å². The first-order chi connectivity index (χ1) is 14.6. The molecule has 1 heterocycles. The number of carbonyl (C=O) groups excluding carboxylic acids is 2. The third-order valence-electron chi connectivity index (χ3n) is 4.17. The number of pyridine rings is 1. The Hall–Kier alpha value is -4.13. The topological polar surface area (TPSA) is 89.5 Å². The number of rotatable bonds is 7. The first kappa shape index (κ1) is 20.6. The molecule has 0 bridgehead atoms. The van der Waals surface area contributed by atoms with Crippen molar-refractivity contribution in [3.63, 3.8) is 0 Å². The number of amides is 2. The lowest BCUT2D eigenvalue weighted by atomic mass is 10.1. The summed E-state index contributed by atoms with van der Waals surface area (Å²) >= 11 is 0. The quantitative estimate of drug-likeness (QED) is 0.582. The van der Waals surface area contributed by atoms with Gasteiger partial charge in [0.15, 0.2) is 11.5 Å². The molecule has 2 amide bonds. The lowest BCUT2D eigenvalue weighted by Gasteiger charge is -2.08. The zero-order chi connectivity index (χ0) is 21.3. The van der Waals surface area contributed by atoms with Gasteiger partial charge in [0.05, 0.1) is 14.2 Å². The van der Waals surface area contributed by atoms with Crippen LogP contribution in [0, 0.1) is 0 Å². The average Bonchev–Trinajstić information content (AvgIpc) is 2.78. The molecule has 0 saturated heterocycles. The molecular formula is C23H21N3O4. The molecule has 1 aromatic heterocycles. The van der Waals surface area contributed by atoms with Crippen molar-refractivity contribution in [1.29, 1.82) is 0 Å². The molecule has 0 unspecified atom stereocenters. The molecule has 0 spiro atoms. The van der Waals surface area contributed by atoms with Gasteiger partial charge in [-0.05, 0) is 54.1 Å². The second-order valence-electron chi connectivity index (χ2n) is 6.21. The molecular weight excluding hydrogens is 382 g/mol. The largest absolute Gasteiger partial charge is 0.493 e. The van der Waals surface area contributed by atoms with E-state index < -0.39 is 0 Å². The van der Waals surface area contributed by atoms with E-state index in [1.54, 1.807) is 81.2 Å². The van der Waals surface area contributed by atoms with Gasteiger partial charge in [0.1, 0.15) is 0 Å². The lowest BCUT2D eigenvalue weighted by molar-refractivity contribution is -0.111. The number of hydrogen-bond acceptors (Lipinski definition) is 5. The van der Waals surface area contributed by atoms with Crippen molar-refractivity contribution in [3.8, 4) is 11.5 Å². The van der Waals surface area contributed by atoms with Crippen LogP contribution < -0.4 is 20.1 Å². The lowest BCUT2D eigenvalue weighted by Crippen LogP contribution is -2.13. The highest BCUT2D eigenvalue weighted by Crippen LogP contribution is 2.28. The second kappa shape index (κ2) is 9.88. The third-order valence-corrected chi connectivity index (χ3v) is 4.17. The van der Waals surface area contributed by atoms with E-state index in [1.807, 2.05) is 6.07 Å². The maximum absolute atomic E-state index is 12.4. The van der Waals surface area contributed by atoms with E-state index in [1.165, 1.54) is 6.08 Å². The summed E-state index contributed by atoms with van der Waals surface area (Å²) in [5.41, 5.74) is 2.36. The predicted molar refractivity (Wildman–Crippen MR) is 116 cm³/mol. The van der Waals surface area contributed by atoms with E-state index in [2.05, 4.69) is 15.6 Å². The Balaban J connectivity index is 1.65. The number of carbonyl (C=O) groups is 2. The van der Waals surface area contributed by atoms with E-state index in [0.29, 0.717) is 28.4 Å². The summed E-state index contributed by atoms with van der Waals surface area (Å²) in [7, 11) is 3.11. The molecule has 0 radical (unpaired) electrons. The van der Waals surface area contributed by atoms with Crippen molar-refractivity contribution in [2.75, 3.05) is 24.9 Å². The van der Waals surface area contributed by atoms with Crippen molar-refractivity contribution >= 4 is 29.3 Å². The Bertz CT molecular complexity index is 1070. The van der Waals surface area contributed by atoms with E-state index in [9.17, 15) is 9.59 Å². The number of benzene rings is 2. The number of methoxy groups -OCH3 is 2. The van der Waals surface area contributed by atoms with Crippen LogP contribution in [0.5, 0.6) is 11.5 Å². The molecule has 3 aromatic rings. The molecule has 2 N–H and O–H groups in total. The normalized spacial score (nSPS) is 10.5. The molecule has 0 atom stereocenters. The van der Waals surface area contributed by atoms with Crippen molar-refractivity contribution in [3.05, 3.63) is 84.2 Å². The van der Waals surface area contributed by atoms with Crippen molar-refractivity contribution in [2.45, 2.75) is 0 Å². The number of nitrogens with one attached hydrogen (secondary N) is 2. The highest BCUT2D eigenvalue weighted by atomic mass is 16.5. The number of aromatic nitrogens is 1. The van der Waals surface area contributed by atoms with Crippen LogP contribution in [0.25, 0.3) is 6.08 Å². The Morgan fingerprint density at radius 3 is 2.37 bits per heavy atom. The number of hydrogen-bond donors (Lipinski definition) is 2. The maximum Gasteiger partial charge on any atom is 0.255 e. The predicted octanol–water partition coefficient (Wildman–Crippen LogP) is 4.00. The van der Waals surface area contributed by atoms with Gasteiger partial charge in [0.2, 0.25) is 5.91 Å². The highest BCUT2D eigenvalue weighted by Gasteiger charge is 2.08. The molecule has 30 heavy (non-hydrogen) atoms. The molecule has 0 aliphatic carbocycles. The summed E-state index contributed by atoms with van der Waals surface area (Å²) in [4.78, 5) is 28.6. The summed E-state index contributed by atoms with van der Waals surface area (Å²) in [6.45, 7) is 0. The Labute approximate surface area is 174 Å². The minimum atomic E-state index is -0.323. The molecule has 7 heteroatoms. The molecule has 152 valence electrons. The summed E-state index contributed by atoms with van der Waals surface area (Å²) in [5, 5.41) is 5.53. The van der Waals surface area contributed by atoms with Gasteiger partial charge >= 0.3 is 0 Å². The van der Waals surface area contributed by atoms with Crippen LogP contribution >= 0.6 is 0 Å². The van der Waals surface area contributed by atoms with E-state index in [4.69, 9.17) is 9.47 Å². The fourth-order valence-corrected chi connectivity index (χ4v) is 2.69. The molecule has 0 fully saturated rings. The summed E-state index contributed by atoms with van der Waals surface area (Å²) in [6, 6.07) is 15.4. The molecule has 0 saturated carbocycles. The fraction of sp³-hybridized carbons (Fsp3) is 0.0870. The van der Waals surface area contributed by atoms with E-state index in [0.717, 1.165) is 5.56 Å². The zero-order valence-corrected chi connectivity index (χ0v) is 16.6. The highest BCUT2D eigenvalue weighted by molar-refractivity contribution is 6.06. The van der Waals surface area contributed by atoms with Crippen LogP contribution in [-0.4, -0.2) is 31.0 Å². The van der Waals surface area contributed by atoms with Crippen molar-refractivity contribution in [2.24, 2.45) is 0 Å². The average molecular weight is 403 g/mol. The second-order valence-corrected chi connectivity index (χ2v) is 6.21. The molecule has 7 nitrogen and oxygen atoms in total. The minimum Gasteiger partial charge on any atom is -0.493 e. The number of ether oxygens (including phenoxy) is 2. The van der Waals surface area contributed by atoms with Gasteiger partial charge in [-0.25, -0.2) is 0 Å². The molecule has 0 aliphatic rings. The Kier molecular flexibility index (Phi) is 6.78. The Morgan fingerprint density at radius 2 is 1.63 bits per heavy atom. The van der Waals surface area contributed by atoms with Crippen molar-refractivity contribution in [1.82, 2.24) is 4.98 Å². The first-order valence-electron chi connectivity index (χ1n) is 9.11. The van der Waals surface area contributed by atoms with E-state index >= 15 is 0 Å². The fourth-order valence-electron chi connectivity index (χ4n) is 2.69. The minimum absolute atomic E-state index is 0.279. The third kappa shape index (κ3) is 5.45. The Morgan fingerprint density at radius 1 is 0.867 bits per heavy atom. The molecule has 2 aromatic carbocycles. The number of nitrogens with zero attached hydrogens (tertiary/aromatic N) is 1. The van der Waals surface area contributed by atoms with Gasteiger partial charge in [-0.3, -0.25) is 14.6 Å². The SMILES string of the molecule is COc1ccc(/C=C/C(=O)Nc2cccc(C(=O)Nc3ccncc3)c2)cc1OC. The van der Waals surface area contributed by atoms with Crippen LogP contribution in [0.15, 0.2) is 73.1 Å². The van der Waals surface area contributed by atoms with Crippen LogP contribution in [-0.2, 0) is 4.79 Å². The monoisotopic (exact) mass is 403 g/mol. The number of anilines is 2. The summed E-state index contributed by atoms with van der Waals surface area (Å²) < 4.78 is 10.5. The van der Waals surface area contributed by atoms with E-state index in [-0.39, 0.29) is 11.8 Å². The van der Waals surface area contributed by atoms with Gasteiger partial charge in [-0.2, -0.15) is 0 Å². The smallest absolute Gasteiger partial charge is 0.255 e. The standard InChI is InChI=1S/C23H21N3O4/c1-29-20-8-6-16(14-21(20)30-2)7-9-22(27)25-19-5-3-4-17(15-19)23(28)26-18-10-12-24-13-11-18/h3-15H,1-2H3,(H,25,27)(H,24,26,28)/b9-7+. The van der Waals surface area contributed by atoms with Crippen molar-refractivity contribution < 1.29 is 19.1 Å². The van der Waals surface area contributed by atoms with Crippen LogP contribution in [0.2, 0.25) is 0 Å². The summed E-state index contributed by atoms with van der Waals surface area (Å²) in [6.07, 6.45) is 6.26. The van der Waals surface area contributed by atoms with Crippen LogP contribution in [0.1, 0.15) is 15.9 Å². The van der Waals surface area contributed by atoms with Gasteiger partial charge in [0, 0.05) is 35.4 Å².